The van der Waals surface area contributed by atoms with Crippen LogP contribution in [0.15, 0.2) is 18.2 Å². The molecule has 0 spiro atoms. The van der Waals surface area contributed by atoms with Gasteiger partial charge in [-0.25, -0.2) is 4.39 Å². The minimum absolute atomic E-state index is 0.113. The van der Waals surface area contributed by atoms with Crippen molar-refractivity contribution in [1.29, 1.82) is 0 Å². The van der Waals surface area contributed by atoms with Gasteiger partial charge in [0.05, 0.1) is 0 Å². The molecule has 0 fully saturated rings. The van der Waals surface area contributed by atoms with Crippen molar-refractivity contribution >= 4 is 0 Å². The third kappa shape index (κ3) is 2.93. The fourth-order valence-corrected chi connectivity index (χ4v) is 0.814. The predicted molar refractivity (Wildman–Crippen MR) is 37.8 cm³/mol. The van der Waals surface area contributed by atoms with Gasteiger partial charge in [0, 0.05) is 0 Å². The Morgan fingerprint density at radius 3 is 2.31 bits per heavy atom. The van der Waals surface area contributed by atoms with Gasteiger partial charge in [-0.05, 0) is 30.7 Å². The van der Waals surface area contributed by atoms with Crippen LogP contribution in [0.5, 0.6) is 5.75 Å². The van der Waals surface area contributed by atoms with E-state index in [1.807, 2.05) is 0 Å². The van der Waals surface area contributed by atoms with E-state index >= 15 is 0 Å². The highest BCUT2D eigenvalue weighted by Crippen LogP contribution is 2.24. The molecule has 1 nitrogen and oxygen atoms in total. The van der Waals surface area contributed by atoms with E-state index in [-0.39, 0.29) is 5.56 Å². The summed E-state index contributed by atoms with van der Waals surface area (Å²) >= 11 is 0. The minimum atomic E-state index is -4.73. The van der Waals surface area contributed by atoms with Gasteiger partial charge in [-0.1, -0.05) is 0 Å². The quantitative estimate of drug-likeness (QED) is 0.624. The molecule has 13 heavy (non-hydrogen) atoms. The summed E-state index contributed by atoms with van der Waals surface area (Å²) in [7, 11) is 0. The van der Waals surface area contributed by atoms with Gasteiger partial charge in [0.25, 0.3) is 0 Å². The molecule has 0 aromatic heterocycles. The van der Waals surface area contributed by atoms with E-state index in [1.54, 1.807) is 0 Å². The Balaban J connectivity index is 2.86. The lowest BCUT2D eigenvalue weighted by atomic mass is 10.2. The molecule has 0 radical (unpaired) electrons. The summed E-state index contributed by atoms with van der Waals surface area (Å²) in [5.41, 5.74) is 0.113. The number of aryl methyl sites for hydroxylation is 1. The van der Waals surface area contributed by atoms with Crippen LogP contribution >= 0.6 is 0 Å². The Morgan fingerprint density at radius 1 is 1.23 bits per heavy atom. The maximum Gasteiger partial charge on any atom is 0.573 e. The first-order chi connectivity index (χ1) is 5.88. The van der Waals surface area contributed by atoms with Crippen LogP contribution in [0.4, 0.5) is 17.6 Å². The van der Waals surface area contributed by atoms with Gasteiger partial charge in [0.15, 0.2) is 0 Å². The van der Waals surface area contributed by atoms with Crippen molar-refractivity contribution in [3.05, 3.63) is 29.6 Å². The van der Waals surface area contributed by atoms with Crippen molar-refractivity contribution in [3.8, 4) is 5.75 Å². The van der Waals surface area contributed by atoms with Crippen LogP contribution < -0.4 is 4.74 Å². The monoisotopic (exact) mass is 194 g/mol. The fourth-order valence-electron chi connectivity index (χ4n) is 0.814. The SMILES string of the molecule is Cc1cc(OC(F)(F)F)ccc1F. The van der Waals surface area contributed by atoms with Gasteiger partial charge >= 0.3 is 6.36 Å². The topological polar surface area (TPSA) is 9.23 Å². The molecule has 0 saturated heterocycles. The van der Waals surface area contributed by atoms with Gasteiger partial charge in [0.2, 0.25) is 0 Å². The second-order valence-corrected chi connectivity index (χ2v) is 2.46. The molecule has 0 aliphatic rings. The van der Waals surface area contributed by atoms with Crippen LogP contribution in [0.2, 0.25) is 0 Å². The maximum atomic E-state index is 12.6. The van der Waals surface area contributed by atoms with Gasteiger partial charge in [-0.3, -0.25) is 0 Å². The number of ether oxygens (including phenoxy) is 1. The second-order valence-electron chi connectivity index (χ2n) is 2.46. The fraction of sp³-hybridized carbons (Fsp3) is 0.250. The summed E-state index contributed by atoms with van der Waals surface area (Å²) in [5, 5.41) is 0. The Bertz CT molecular complexity index is 306. The lowest BCUT2D eigenvalue weighted by Gasteiger charge is -2.08. The molecule has 0 heterocycles. The number of benzene rings is 1. The van der Waals surface area contributed by atoms with Crippen LogP contribution in [-0.2, 0) is 0 Å². The Hall–Kier alpha value is -1.26. The predicted octanol–water partition coefficient (Wildman–Crippen LogP) is 3.03. The van der Waals surface area contributed by atoms with Gasteiger partial charge in [0.1, 0.15) is 11.6 Å². The number of rotatable bonds is 1. The van der Waals surface area contributed by atoms with Crippen LogP contribution in [0.25, 0.3) is 0 Å². The van der Waals surface area contributed by atoms with Crippen LogP contribution in [-0.4, -0.2) is 6.36 Å². The Labute approximate surface area is 71.9 Å². The summed E-state index contributed by atoms with van der Waals surface area (Å²) in [6.07, 6.45) is -4.73. The third-order valence-corrected chi connectivity index (χ3v) is 1.36. The zero-order valence-electron chi connectivity index (χ0n) is 6.65. The van der Waals surface area contributed by atoms with E-state index in [4.69, 9.17) is 0 Å². The second kappa shape index (κ2) is 3.24. The molecule has 5 heteroatoms. The van der Waals surface area contributed by atoms with E-state index < -0.39 is 17.9 Å². The molecule has 0 saturated carbocycles. The summed E-state index contributed by atoms with van der Waals surface area (Å²) in [4.78, 5) is 0. The summed E-state index contributed by atoms with van der Waals surface area (Å²) in [6.45, 7) is 1.36. The average molecular weight is 194 g/mol. The molecule has 0 bridgehead atoms. The maximum absolute atomic E-state index is 12.6. The third-order valence-electron chi connectivity index (χ3n) is 1.36. The van der Waals surface area contributed by atoms with E-state index in [2.05, 4.69) is 4.74 Å². The van der Waals surface area contributed by atoms with Gasteiger partial charge < -0.3 is 4.74 Å². The lowest BCUT2D eigenvalue weighted by molar-refractivity contribution is -0.274. The number of alkyl halides is 3. The van der Waals surface area contributed by atoms with E-state index in [0.29, 0.717) is 0 Å². The van der Waals surface area contributed by atoms with Gasteiger partial charge in [-0.15, -0.1) is 13.2 Å². The smallest absolute Gasteiger partial charge is 0.406 e. The molecule has 0 N–H and O–H groups in total. The van der Waals surface area contributed by atoms with E-state index in [0.717, 1.165) is 18.2 Å². The Morgan fingerprint density at radius 2 is 1.85 bits per heavy atom. The van der Waals surface area contributed by atoms with Crippen LogP contribution in [0, 0.1) is 12.7 Å². The van der Waals surface area contributed by atoms with E-state index in [9.17, 15) is 17.6 Å². The number of hydrogen-bond acceptors (Lipinski definition) is 1. The lowest BCUT2D eigenvalue weighted by Crippen LogP contribution is -2.17. The highest BCUT2D eigenvalue weighted by atomic mass is 19.4. The molecular weight excluding hydrogens is 188 g/mol. The average Bonchev–Trinajstić information content (AvgIpc) is 1.94. The summed E-state index contributed by atoms with van der Waals surface area (Å²) < 4.78 is 51.1. The van der Waals surface area contributed by atoms with Crippen molar-refractivity contribution in [2.45, 2.75) is 13.3 Å². The Kier molecular flexibility index (Phi) is 2.45. The molecule has 0 aliphatic heterocycles. The molecule has 0 atom stereocenters. The van der Waals surface area contributed by atoms with Crippen molar-refractivity contribution < 1.29 is 22.3 Å². The first-order valence-electron chi connectivity index (χ1n) is 3.40. The van der Waals surface area contributed by atoms with E-state index in [1.165, 1.54) is 6.92 Å². The highest BCUT2D eigenvalue weighted by Gasteiger charge is 2.31. The normalized spacial score (nSPS) is 11.5. The van der Waals surface area contributed by atoms with Crippen LogP contribution in [0.3, 0.4) is 0 Å². The summed E-state index contributed by atoms with van der Waals surface area (Å²) in [5.74, 6) is -0.971. The molecular formula is C8H6F4O. The number of halogens is 4. The zero-order chi connectivity index (χ0) is 10.1. The van der Waals surface area contributed by atoms with Crippen molar-refractivity contribution in [2.75, 3.05) is 0 Å². The minimum Gasteiger partial charge on any atom is -0.406 e. The molecule has 1 aromatic rings. The molecule has 72 valence electrons. The van der Waals surface area contributed by atoms with Crippen molar-refractivity contribution in [1.82, 2.24) is 0 Å². The first kappa shape index (κ1) is 9.83. The van der Waals surface area contributed by atoms with Crippen molar-refractivity contribution in [2.24, 2.45) is 0 Å². The molecule has 0 unspecified atom stereocenters. The molecule has 0 amide bonds. The molecule has 1 aromatic carbocycles. The first-order valence-corrected chi connectivity index (χ1v) is 3.40. The highest BCUT2D eigenvalue weighted by molar-refractivity contribution is 5.28. The van der Waals surface area contributed by atoms with Crippen molar-refractivity contribution in [3.63, 3.8) is 0 Å². The van der Waals surface area contributed by atoms with Gasteiger partial charge in [-0.2, -0.15) is 0 Å². The zero-order valence-corrected chi connectivity index (χ0v) is 6.65. The van der Waals surface area contributed by atoms with Crippen LogP contribution in [0.1, 0.15) is 5.56 Å². The number of hydrogen-bond donors (Lipinski definition) is 0. The standard InChI is InChI=1S/C8H6F4O/c1-5-4-6(2-3-7(5)9)13-8(10,11)12/h2-4H,1H3. The molecule has 1 rings (SSSR count). The summed E-state index contributed by atoms with van der Waals surface area (Å²) in [6, 6.07) is 2.84. The molecule has 0 aliphatic carbocycles. The largest absolute Gasteiger partial charge is 0.573 e.